The molecule has 1 N–H and O–H groups in total. The van der Waals surface area contributed by atoms with E-state index >= 15 is 0 Å². The Bertz CT molecular complexity index is 357. The van der Waals surface area contributed by atoms with E-state index in [-0.39, 0.29) is 11.8 Å². The third-order valence-electron chi connectivity index (χ3n) is 3.09. The standard InChI is InChI=1S/C12H14O2/c1-8-6-7-9-4-2-3-5-10(9)11(8)12(13)14/h2-5,8,11H,6-7H2,1H3,(H,13,14). The maximum atomic E-state index is 11.1. The molecule has 74 valence electrons. The highest BCUT2D eigenvalue weighted by Crippen LogP contribution is 2.35. The molecule has 14 heavy (non-hydrogen) atoms. The van der Waals surface area contributed by atoms with Crippen LogP contribution in [0, 0.1) is 5.92 Å². The van der Waals surface area contributed by atoms with Crippen LogP contribution >= 0.6 is 0 Å². The average molecular weight is 190 g/mol. The largest absolute Gasteiger partial charge is 0.481 e. The molecule has 2 heteroatoms. The molecule has 0 radical (unpaired) electrons. The summed E-state index contributed by atoms with van der Waals surface area (Å²) in [5, 5.41) is 9.16. The molecule has 0 amide bonds. The van der Waals surface area contributed by atoms with Crippen LogP contribution < -0.4 is 0 Å². The molecule has 1 aliphatic rings. The van der Waals surface area contributed by atoms with Gasteiger partial charge in [-0.3, -0.25) is 4.79 Å². The summed E-state index contributed by atoms with van der Waals surface area (Å²) in [6, 6.07) is 7.89. The van der Waals surface area contributed by atoms with Crippen LogP contribution in [0.15, 0.2) is 24.3 Å². The highest BCUT2D eigenvalue weighted by molar-refractivity contribution is 5.77. The molecule has 0 aromatic heterocycles. The van der Waals surface area contributed by atoms with E-state index in [1.807, 2.05) is 31.2 Å². The van der Waals surface area contributed by atoms with Gasteiger partial charge in [0, 0.05) is 0 Å². The summed E-state index contributed by atoms with van der Waals surface area (Å²) in [7, 11) is 0. The van der Waals surface area contributed by atoms with Crippen LogP contribution in [-0.4, -0.2) is 11.1 Å². The number of fused-ring (bicyclic) bond motifs is 1. The first kappa shape index (κ1) is 9.25. The second kappa shape index (κ2) is 3.45. The molecule has 0 saturated carbocycles. The fourth-order valence-corrected chi connectivity index (χ4v) is 2.30. The Morgan fingerprint density at radius 2 is 2.14 bits per heavy atom. The predicted molar refractivity (Wildman–Crippen MR) is 54.3 cm³/mol. The first-order valence-electron chi connectivity index (χ1n) is 5.00. The van der Waals surface area contributed by atoms with Crippen molar-refractivity contribution in [2.45, 2.75) is 25.7 Å². The topological polar surface area (TPSA) is 37.3 Å². The van der Waals surface area contributed by atoms with E-state index in [2.05, 4.69) is 0 Å². The summed E-state index contributed by atoms with van der Waals surface area (Å²) in [4.78, 5) is 11.1. The third-order valence-corrected chi connectivity index (χ3v) is 3.09. The molecule has 0 bridgehead atoms. The minimum absolute atomic E-state index is 0.252. The van der Waals surface area contributed by atoms with Gasteiger partial charge >= 0.3 is 5.97 Å². The second-order valence-corrected chi connectivity index (χ2v) is 4.03. The van der Waals surface area contributed by atoms with Crippen LogP contribution in [0.4, 0.5) is 0 Å². The first-order valence-corrected chi connectivity index (χ1v) is 5.00. The molecule has 0 saturated heterocycles. The van der Waals surface area contributed by atoms with Crippen LogP contribution in [0.5, 0.6) is 0 Å². The van der Waals surface area contributed by atoms with Crippen LogP contribution in [0.2, 0.25) is 0 Å². The lowest BCUT2D eigenvalue weighted by Crippen LogP contribution is -2.25. The number of rotatable bonds is 1. The van der Waals surface area contributed by atoms with Crippen molar-refractivity contribution >= 4 is 5.97 Å². The Hall–Kier alpha value is -1.31. The van der Waals surface area contributed by atoms with Crippen molar-refractivity contribution in [3.63, 3.8) is 0 Å². The van der Waals surface area contributed by atoms with Gasteiger partial charge in [0.15, 0.2) is 0 Å². The lowest BCUT2D eigenvalue weighted by atomic mass is 9.76. The number of benzene rings is 1. The molecular formula is C12H14O2. The summed E-state index contributed by atoms with van der Waals surface area (Å²) in [6.45, 7) is 2.02. The zero-order chi connectivity index (χ0) is 10.1. The quantitative estimate of drug-likeness (QED) is 0.738. The van der Waals surface area contributed by atoms with Gasteiger partial charge in [-0.1, -0.05) is 31.2 Å². The van der Waals surface area contributed by atoms with Crippen molar-refractivity contribution in [1.29, 1.82) is 0 Å². The molecule has 2 nitrogen and oxygen atoms in total. The number of carbonyl (C=O) groups is 1. The number of aliphatic carboxylic acids is 1. The number of aryl methyl sites for hydroxylation is 1. The zero-order valence-electron chi connectivity index (χ0n) is 8.23. The van der Waals surface area contributed by atoms with E-state index in [0.717, 1.165) is 18.4 Å². The maximum absolute atomic E-state index is 11.1. The normalized spacial score (nSPS) is 25.5. The molecule has 2 atom stereocenters. The lowest BCUT2D eigenvalue weighted by Gasteiger charge is -2.28. The van der Waals surface area contributed by atoms with E-state index in [9.17, 15) is 4.79 Å². The van der Waals surface area contributed by atoms with Crippen LogP contribution in [0.1, 0.15) is 30.4 Å². The SMILES string of the molecule is CC1CCc2ccccc2C1C(=O)O. The summed E-state index contributed by atoms with van der Waals surface area (Å²) in [6.07, 6.45) is 2.00. The monoisotopic (exact) mass is 190 g/mol. The third kappa shape index (κ3) is 1.41. The van der Waals surface area contributed by atoms with Crippen molar-refractivity contribution in [3.8, 4) is 0 Å². The summed E-state index contributed by atoms with van der Waals surface area (Å²) in [5.74, 6) is -0.744. The van der Waals surface area contributed by atoms with Gasteiger partial charge in [0.2, 0.25) is 0 Å². The van der Waals surface area contributed by atoms with Crippen molar-refractivity contribution in [1.82, 2.24) is 0 Å². The Balaban J connectivity index is 2.46. The van der Waals surface area contributed by atoms with Crippen molar-refractivity contribution < 1.29 is 9.90 Å². The van der Waals surface area contributed by atoms with Crippen molar-refractivity contribution in [3.05, 3.63) is 35.4 Å². The average Bonchev–Trinajstić information content (AvgIpc) is 2.17. The van der Waals surface area contributed by atoms with Gasteiger partial charge in [0.1, 0.15) is 0 Å². The Morgan fingerprint density at radius 3 is 2.86 bits per heavy atom. The van der Waals surface area contributed by atoms with Crippen molar-refractivity contribution in [2.75, 3.05) is 0 Å². The second-order valence-electron chi connectivity index (χ2n) is 4.03. The van der Waals surface area contributed by atoms with Gasteiger partial charge in [0.25, 0.3) is 0 Å². The molecular weight excluding hydrogens is 176 g/mol. The summed E-state index contributed by atoms with van der Waals surface area (Å²) < 4.78 is 0. The van der Waals surface area contributed by atoms with Crippen LogP contribution in [-0.2, 0) is 11.2 Å². The van der Waals surface area contributed by atoms with Crippen LogP contribution in [0.25, 0.3) is 0 Å². The van der Waals surface area contributed by atoms with E-state index in [1.165, 1.54) is 5.56 Å². The minimum atomic E-state index is -0.690. The van der Waals surface area contributed by atoms with Gasteiger partial charge in [-0.05, 0) is 29.9 Å². The van der Waals surface area contributed by atoms with E-state index in [0.29, 0.717) is 0 Å². The fourth-order valence-electron chi connectivity index (χ4n) is 2.30. The lowest BCUT2D eigenvalue weighted by molar-refractivity contribution is -0.140. The highest BCUT2D eigenvalue weighted by atomic mass is 16.4. The minimum Gasteiger partial charge on any atom is -0.481 e. The fraction of sp³-hybridized carbons (Fsp3) is 0.417. The molecule has 0 fully saturated rings. The molecule has 1 aliphatic carbocycles. The summed E-state index contributed by atoms with van der Waals surface area (Å²) in [5.41, 5.74) is 2.22. The number of hydrogen-bond donors (Lipinski definition) is 1. The van der Waals surface area contributed by atoms with Gasteiger partial charge in [-0.25, -0.2) is 0 Å². The number of carboxylic acids is 1. The molecule has 2 rings (SSSR count). The van der Waals surface area contributed by atoms with E-state index in [4.69, 9.17) is 5.11 Å². The number of hydrogen-bond acceptors (Lipinski definition) is 1. The smallest absolute Gasteiger partial charge is 0.311 e. The molecule has 2 unspecified atom stereocenters. The number of carboxylic acid groups (broad SMARTS) is 1. The van der Waals surface area contributed by atoms with Gasteiger partial charge in [0.05, 0.1) is 5.92 Å². The zero-order valence-corrected chi connectivity index (χ0v) is 8.23. The van der Waals surface area contributed by atoms with E-state index in [1.54, 1.807) is 0 Å². The van der Waals surface area contributed by atoms with Gasteiger partial charge in [-0.2, -0.15) is 0 Å². The van der Waals surface area contributed by atoms with Crippen molar-refractivity contribution in [2.24, 2.45) is 5.92 Å². The molecule has 1 aromatic carbocycles. The predicted octanol–water partition coefficient (Wildman–Crippen LogP) is 2.44. The molecule has 0 heterocycles. The van der Waals surface area contributed by atoms with Gasteiger partial charge < -0.3 is 5.11 Å². The van der Waals surface area contributed by atoms with Gasteiger partial charge in [-0.15, -0.1) is 0 Å². The molecule has 1 aromatic rings. The Kier molecular flexibility index (Phi) is 2.28. The highest BCUT2D eigenvalue weighted by Gasteiger charge is 2.31. The van der Waals surface area contributed by atoms with E-state index < -0.39 is 5.97 Å². The molecule has 0 spiro atoms. The summed E-state index contributed by atoms with van der Waals surface area (Å²) >= 11 is 0. The Morgan fingerprint density at radius 1 is 1.43 bits per heavy atom. The van der Waals surface area contributed by atoms with Crippen LogP contribution in [0.3, 0.4) is 0 Å². The Labute approximate surface area is 83.6 Å². The first-order chi connectivity index (χ1) is 6.70. The maximum Gasteiger partial charge on any atom is 0.311 e. The molecule has 0 aliphatic heterocycles.